The van der Waals surface area contributed by atoms with Crippen LogP contribution in [0.5, 0.6) is 17.2 Å². The summed E-state index contributed by atoms with van der Waals surface area (Å²) in [6.45, 7) is 5.60. The van der Waals surface area contributed by atoms with Crippen molar-refractivity contribution >= 4 is 28.7 Å². The number of methoxy groups -OCH3 is 3. The zero-order chi connectivity index (χ0) is 22.7. The van der Waals surface area contributed by atoms with Gasteiger partial charge >= 0.3 is 6.03 Å². The largest absolute Gasteiger partial charge is 0.493 e. The third-order valence-corrected chi connectivity index (χ3v) is 5.72. The van der Waals surface area contributed by atoms with Crippen LogP contribution < -0.4 is 24.4 Å². The average molecular weight is 440 g/mol. The van der Waals surface area contributed by atoms with Crippen molar-refractivity contribution in [1.82, 2.24) is 14.5 Å². The van der Waals surface area contributed by atoms with Gasteiger partial charge < -0.3 is 33.9 Å². The Labute approximate surface area is 187 Å². The fourth-order valence-corrected chi connectivity index (χ4v) is 4.08. The van der Waals surface area contributed by atoms with Gasteiger partial charge in [-0.3, -0.25) is 0 Å². The van der Waals surface area contributed by atoms with Gasteiger partial charge in [-0.15, -0.1) is 0 Å². The number of aromatic nitrogens is 2. The average Bonchev–Trinajstić information content (AvgIpc) is 3.22. The topological polar surface area (TPSA) is 81.1 Å². The van der Waals surface area contributed by atoms with E-state index in [0.717, 1.165) is 23.5 Å². The third-order valence-electron chi connectivity index (χ3n) is 5.72. The van der Waals surface area contributed by atoms with Gasteiger partial charge in [-0.1, -0.05) is 12.1 Å². The Bertz CT molecular complexity index is 1080. The summed E-state index contributed by atoms with van der Waals surface area (Å²) in [6, 6.07) is 11.4. The third kappa shape index (κ3) is 3.98. The van der Waals surface area contributed by atoms with Crippen molar-refractivity contribution in [1.29, 1.82) is 0 Å². The lowest BCUT2D eigenvalue weighted by molar-refractivity contribution is 0.208. The van der Waals surface area contributed by atoms with Gasteiger partial charge in [-0.05, 0) is 19.1 Å². The molecule has 9 heteroatoms. The Morgan fingerprint density at radius 2 is 1.66 bits per heavy atom. The number of hydrogen-bond acceptors (Lipinski definition) is 6. The molecule has 1 fully saturated rings. The number of fused-ring (bicyclic) bond motifs is 1. The van der Waals surface area contributed by atoms with Crippen molar-refractivity contribution in [3.8, 4) is 17.2 Å². The fraction of sp³-hybridized carbons (Fsp3) is 0.391. The van der Waals surface area contributed by atoms with Crippen molar-refractivity contribution in [2.24, 2.45) is 0 Å². The number of imidazole rings is 1. The minimum atomic E-state index is -0.164. The summed E-state index contributed by atoms with van der Waals surface area (Å²) in [5, 5.41) is 2.94. The molecule has 0 radical (unpaired) electrons. The van der Waals surface area contributed by atoms with Gasteiger partial charge in [0.15, 0.2) is 11.5 Å². The smallest absolute Gasteiger partial charge is 0.321 e. The Balaban J connectivity index is 1.44. The fourth-order valence-electron chi connectivity index (χ4n) is 4.08. The Morgan fingerprint density at radius 1 is 1.00 bits per heavy atom. The quantitative estimate of drug-likeness (QED) is 0.634. The van der Waals surface area contributed by atoms with E-state index in [4.69, 9.17) is 19.2 Å². The van der Waals surface area contributed by atoms with Crippen molar-refractivity contribution in [2.45, 2.75) is 13.5 Å². The van der Waals surface area contributed by atoms with Crippen LogP contribution >= 0.6 is 0 Å². The number of hydrogen-bond donors (Lipinski definition) is 1. The highest BCUT2D eigenvalue weighted by Gasteiger charge is 2.25. The summed E-state index contributed by atoms with van der Waals surface area (Å²) in [7, 11) is 4.64. The zero-order valence-electron chi connectivity index (χ0n) is 18.9. The minimum absolute atomic E-state index is 0.164. The molecule has 1 saturated heterocycles. The molecule has 1 aliphatic rings. The van der Waals surface area contributed by atoms with Gasteiger partial charge in [0, 0.05) is 44.9 Å². The Morgan fingerprint density at radius 3 is 2.25 bits per heavy atom. The van der Waals surface area contributed by atoms with Gasteiger partial charge in [0.25, 0.3) is 0 Å². The summed E-state index contributed by atoms with van der Waals surface area (Å²) in [4.78, 5) is 21.8. The summed E-state index contributed by atoms with van der Waals surface area (Å²) in [5.41, 5.74) is 2.71. The number of ether oxygens (including phenoxy) is 3. The van der Waals surface area contributed by atoms with Gasteiger partial charge in [0.2, 0.25) is 11.7 Å². The molecular formula is C23H29N5O4. The molecule has 9 nitrogen and oxygen atoms in total. The highest BCUT2D eigenvalue weighted by molar-refractivity contribution is 5.90. The van der Waals surface area contributed by atoms with Crippen LogP contribution in [0, 0.1) is 0 Å². The van der Waals surface area contributed by atoms with Crippen LogP contribution in [0.15, 0.2) is 36.4 Å². The van der Waals surface area contributed by atoms with E-state index in [9.17, 15) is 4.79 Å². The van der Waals surface area contributed by atoms with Crippen LogP contribution in [0.1, 0.15) is 6.92 Å². The number of piperazine rings is 1. The molecule has 2 heterocycles. The van der Waals surface area contributed by atoms with Gasteiger partial charge in [0.1, 0.15) is 0 Å². The molecule has 2 aromatic carbocycles. The summed E-state index contributed by atoms with van der Waals surface area (Å²) < 4.78 is 18.3. The number of aryl methyl sites for hydroxylation is 1. The van der Waals surface area contributed by atoms with Crippen molar-refractivity contribution in [3.05, 3.63) is 36.4 Å². The lowest BCUT2D eigenvalue weighted by atomic mass is 10.2. The first-order valence-electron chi connectivity index (χ1n) is 10.7. The SMILES string of the molecule is CCn1c(N2CCN(C(=O)Nc3cc(OC)c(OC)c(OC)c3)CC2)nc2ccccc21. The molecule has 170 valence electrons. The van der Waals surface area contributed by atoms with Crippen LogP contribution in [0.3, 0.4) is 0 Å². The van der Waals surface area contributed by atoms with E-state index in [1.54, 1.807) is 38.4 Å². The lowest BCUT2D eigenvalue weighted by Gasteiger charge is -2.35. The Kier molecular flexibility index (Phi) is 6.25. The predicted octanol–water partition coefficient (Wildman–Crippen LogP) is 3.44. The predicted molar refractivity (Wildman–Crippen MR) is 124 cm³/mol. The maximum absolute atomic E-state index is 12.9. The first-order chi connectivity index (χ1) is 15.6. The molecule has 3 aromatic rings. The van der Waals surface area contributed by atoms with Crippen molar-refractivity contribution in [3.63, 3.8) is 0 Å². The number of nitrogens with one attached hydrogen (secondary N) is 1. The molecule has 2 amide bonds. The molecule has 1 aromatic heterocycles. The number of anilines is 2. The van der Waals surface area contributed by atoms with Crippen LogP contribution in [0.4, 0.5) is 16.4 Å². The first-order valence-corrected chi connectivity index (χ1v) is 10.7. The monoisotopic (exact) mass is 439 g/mol. The Hall–Kier alpha value is -3.62. The minimum Gasteiger partial charge on any atom is -0.493 e. The molecule has 0 aliphatic carbocycles. The second-order valence-electron chi connectivity index (χ2n) is 7.46. The van der Waals surface area contributed by atoms with Crippen molar-refractivity contribution < 1.29 is 19.0 Å². The van der Waals surface area contributed by atoms with E-state index in [1.807, 2.05) is 18.2 Å². The molecule has 0 bridgehead atoms. The van der Waals surface area contributed by atoms with E-state index in [2.05, 4.69) is 27.8 Å². The number of carbonyl (C=O) groups excluding carboxylic acids is 1. The second-order valence-corrected chi connectivity index (χ2v) is 7.46. The normalized spacial score (nSPS) is 13.9. The van der Waals surface area contributed by atoms with Crippen LogP contribution in [0.25, 0.3) is 11.0 Å². The summed E-state index contributed by atoms with van der Waals surface area (Å²) in [6.07, 6.45) is 0. The number of para-hydroxylation sites is 2. The summed E-state index contributed by atoms with van der Waals surface area (Å²) in [5.74, 6) is 2.43. The van der Waals surface area contributed by atoms with Gasteiger partial charge in [-0.25, -0.2) is 9.78 Å². The zero-order valence-corrected chi connectivity index (χ0v) is 18.9. The highest BCUT2D eigenvalue weighted by atomic mass is 16.5. The molecule has 0 unspecified atom stereocenters. The number of benzene rings is 2. The number of amides is 2. The molecular weight excluding hydrogens is 410 g/mol. The molecule has 0 atom stereocenters. The van der Waals surface area contributed by atoms with Gasteiger partial charge in [-0.2, -0.15) is 0 Å². The first kappa shape index (κ1) is 21.6. The van der Waals surface area contributed by atoms with Gasteiger partial charge in [0.05, 0.1) is 38.1 Å². The molecule has 1 aliphatic heterocycles. The van der Waals surface area contributed by atoms with Crippen LogP contribution in [-0.2, 0) is 6.54 Å². The van der Waals surface area contributed by atoms with Crippen LogP contribution in [-0.4, -0.2) is 68.0 Å². The maximum Gasteiger partial charge on any atom is 0.321 e. The molecule has 0 saturated carbocycles. The van der Waals surface area contributed by atoms with E-state index < -0.39 is 0 Å². The lowest BCUT2D eigenvalue weighted by Crippen LogP contribution is -2.50. The maximum atomic E-state index is 12.9. The van der Waals surface area contributed by atoms with E-state index >= 15 is 0 Å². The highest BCUT2D eigenvalue weighted by Crippen LogP contribution is 2.40. The molecule has 0 spiro atoms. The molecule has 4 rings (SSSR count). The van der Waals surface area contributed by atoms with Crippen molar-refractivity contribution in [2.75, 3.05) is 57.7 Å². The van der Waals surface area contributed by atoms with Crippen LogP contribution in [0.2, 0.25) is 0 Å². The van der Waals surface area contributed by atoms with E-state index in [1.165, 1.54) is 0 Å². The standard InChI is InChI=1S/C23H29N5O4/c1-5-28-18-9-7-6-8-17(18)25-22(28)26-10-12-27(13-11-26)23(29)24-16-14-19(30-2)21(32-4)20(15-16)31-3/h6-9,14-15H,5,10-13H2,1-4H3,(H,24,29). The molecule has 1 N–H and O–H groups in total. The van der Waals surface area contributed by atoms with E-state index in [-0.39, 0.29) is 6.03 Å². The van der Waals surface area contributed by atoms with E-state index in [0.29, 0.717) is 49.1 Å². The number of carbonyl (C=O) groups is 1. The summed E-state index contributed by atoms with van der Waals surface area (Å²) >= 11 is 0. The number of urea groups is 1. The number of nitrogens with zero attached hydrogens (tertiary/aromatic N) is 4. The molecule has 32 heavy (non-hydrogen) atoms. The second kappa shape index (κ2) is 9.25. The number of rotatable bonds is 6.